The normalized spacial score (nSPS) is 11.0. The van der Waals surface area contributed by atoms with E-state index in [1.807, 2.05) is 48.5 Å². The number of hydrogen-bond donors (Lipinski definition) is 0. The van der Waals surface area contributed by atoms with E-state index >= 15 is 0 Å². The Hall–Kier alpha value is -3.60. The van der Waals surface area contributed by atoms with E-state index in [2.05, 4.69) is 0 Å². The molecule has 4 rings (SSSR count). The van der Waals surface area contributed by atoms with E-state index in [0.717, 1.165) is 10.9 Å². The van der Waals surface area contributed by atoms with Crippen LogP contribution in [0.25, 0.3) is 22.5 Å². The van der Waals surface area contributed by atoms with Crippen LogP contribution in [0.5, 0.6) is 5.75 Å². The molecule has 0 aliphatic rings. The molecule has 0 aliphatic heterocycles. The van der Waals surface area contributed by atoms with Crippen LogP contribution in [0.15, 0.2) is 68.2 Å². The fourth-order valence-electron chi connectivity index (χ4n) is 3.47. The quantitative estimate of drug-likeness (QED) is 0.425. The topological polar surface area (TPSA) is 69.7 Å². The molecule has 29 heavy (non-hydrogen) atoms. The van der Waals surface area contributed by atoms with Crippen molar-refractivity contribution in [2.24, 2.45) is 0 Å². The summed E-state index contributed by atoms with van der Waals surface area (Å²) in [4.78, 5) is 24.2. The Bertz CT molecular complexity index is 1260. The Morgan fingerprint density at radius 2 is 1.72 bits per heavy atom. The molecule has 146 valence electrons. The van der Waals surface area contributed by atoms with Gasteiger partial charge in [0, 0.05) is 22.1 Å². The molecule has 0 atom stereocenters. The largest absolute Gasteiger partial charge is 0.489 e. The molecule has 0 unspecified atom stereocenters. The third-order valence-corrected chi connectivity index (χ3v) is 4.90. The third-order valence-electron chi connectivity index (χ3n) is 4.90. The molecule has 0 saturated carbocycles. The van der Waals surface area contributed by atoms with Crippen molar-refractivity contribution >= 4 is 16.8 Å². The first kappa shape index (κ1) is 18.7. The smallest absolute Gasteiger partial charge is 0.340 e. The molecular formula is C24H20O5. The van der Waals surface area contributed by atoms with Crippen molar-refractivity contribution in [1.82, 2.24) is 0 Å². The van der Waals surface area contributed by atoms with Gasteiger partial charge in [-0.3, -0.25) is 4.79 Å². The highest BCUT2D eigenvalue weighted by Crippen LogP contribution is 2.33. The van der Waals surface area contributed by atoms with E-state index in [4.69, 9.17) is 13.6 Å². The molecule has 4 aromatic rings. The Morgan fingerprint density at radius 3 is 2.45 bits per heavy atom. The van der Waals surface area contributed by atoms with Gasteiger partial charge in [-0.1, -0.05) is 30.3 Å². The summed E-state index contributed by atoms with van der Waals surface area (Å²) < 4.78 is 17.2. The number of rotatable bonds is 5. The molecule has 0 saturated heterocycles. The molecule has 2 aromatic carbocycles. The number of furan rings is 1. The maximum atomic E-state index is 12.2. The Labute approximate surface area is 167 Å². The molecular weight excluding hydrogens is 368 g/mol. The van der Waals surface area contributed by atoms with Gasteiger partial charge < -0.3 is 13.6 Å². The monoisotopic (exact) mass is 388 g/mol. The maximum absolute atomic E-state index is 12.2. The molecule has 0 amide bonds. The molecule has 5 heteroatoms. The van der Waals surface area contributed by atoms with Crippen molar-refractivity contribution < 1.29 is 18.4 Å². The molecule has 5 nitrogen and oxygen atoms in total. The minimum absolute atomic E-state index is 0.179. The zero-order valence-electron chi connectivity index (χ0n) is 16.4. The summed E-state index contributed by atoms with van der Waals surface area (Å²) >= 11 is 0. The number of ketones is 1. The van der Waals surface area contributed by atoms with E-state index in [-0.39, 0.29) is 11.5 Å². The van der Waals surface area contributed by atoms with E-state index in [1.54, 1.807) is 19.9 Å². The summed E-state index contributed by atoms with van der Waals surface area (Å²) in [5, 5.41) is 0.817. The lowest BCUT2D eigenvalue weighted by Crippen LogP contribution is -2.13. The summed E-state index contributed by atoms with van der Waals surface area (Å²) in [5.41, 5.74) is 2.46. The number of carbonyl (C=O) groups is 1. The molecule has 2 aromatic heterocycles. The number of benzene rings is 2. The first-order chi connectivity index (χ1) is 13.9. The minimum atomic E-state index is -0.539. The van der Waals surface area contributed by atoms with Gasteiger partial charge in [0.1, 0.15) is 17.9 Å². The fourth-order valence-corrected chi connectivity index (χ4v) is 3.47. The van der Waals surface area contributed by atoms with E-state index in [9.17, 15) is 9.59 Å². The average molecular weight is 388 g/mol. The van der Waals surface area contributed by atoms with Crippen molar-refractivity contribution in [3.8, 4) is 17.3 Å². The molecule has 0 spiro atoms. The van der Waals surface area contributed by atoms with E-state index in [1.165, 1.54) is 6.92 Å². The summed E-state index contributed by atoms with van der Waals surface area (Å²) in [7, 11) is 0. The van der Waals surface area contributed by atoms with Crippen LogP contribution in [0.1, 0.15) is 34.0 Å². The van der Waals surface area contributed by atoms with Crippen LogP contribution >= 0.6 is 0 Å². The van der Waals surface area contributed by atoms with Gasteiger partial charge in [-0.05, 0) is 50.6 Å². The van der Waals surface area contributed by atoms with Gasteiger partial charge in [0.05, 0.1) is 0 Å². The van der Waals surface area contributed by atoms with Crippen molar-refractivity contribution in [2.75, 3.05) is 0 Å². The zero-order chi connectivity index (χ0) is 20.5. The number of carbonyl (C=O) groups excluding carboxylic acids is 1. The third kappa shape index (κ3) is 3.59. The number of Topliss-reactive ketones (excluding diaryl/α,β-unsaturated/α-hetero) is 1. The van der Waals surface area contributed by atoms with Gasteiger partial charge >= 0.3 is 5.63 Å². The highest BCUT2D eigenvalue weighted by atomic mass is 16.5. The van der Waals surface area contributed by atoms with Gasteiger partial charge in [-0.15, -0.1) is 0 Å². The Morgan fingerprint density at radius 1 is 0.966 bits per heavy atom. The van der Waals surface area contributed by atoms with Crippen LogP contribution in [0.3, 0.4) is 0 Å². The van der Waals surface area contributed by atoms with Gasteiger partial charge in [0.25, 0.3) is 0 Å². The number of hydrogen-bond acceptors (Lipinski definition) is 5. The van der Waals surface area contributed by atoms with Gasteiger partial charge in [0.15, 0.2) is 17.3 Å². The first-order valence-corrected chi connectivity index (χ1v) is 9.30. The van der Waals surface area contributed by atoms with Crippen LogP contribution in [0.2, 0.25) is 0 Å². The van der Waals surface area contributed by atoms with Crippen LogP contribution in [-0.4, -0.2) is 5.78 Å². The molecule has 0 N–H and O–H groups in total. The standard InChI is InChI=1S/C24H20O5/c1-14-22(16(3)25)15(2)24(26)29-23(14)21-12-18-11-19(9-10-20(18)28-21)27-13-17-7-5-4-6-8-17/h4-12H,13H2,1-3H3. The van der Waals surface area contributed by atoms with Crippen LogP contribution in [-0.2, 0) is 6.61 Å². The summed E-state index contributed by atoms with van der Waals surface area (Å²) in [5.74, 6) is 1.20. The van der Waals surface area contributed by atoms with Crippen LogP contribution in [0.4, 0.5) is 0 Å². The summed E-state index contributed by atoms with van der Waals surface area (Å²) in [6.07, 6.45) is 0. The first-order valence-electron chi connectivity index (χ1n) is 9.30. The lowest BCUT2D eigenvalue weighted by molar-refractivity contribution is 0.101. The van der Waals surface area contributed by atoms with Crippen molar-refractivity contribution in [2.45, 2.75) is 27.4 Å². The SMILES string of the molecule is CC(=O)c1c(C)c(-c2cc3cc(OCc4ccccc4)ccc3o2)oc(=O)c1C. The van der Waals surface area contributed by atoms with Crippen LogP contribution < -0.4 is 10.4 Å². The van der Waals surface area contributed by atoms with Crippen molar-refractivity contribution in [3.63, 3.8) is 0 Å². The van der Waals surface area contributed by atoms with Gasteiger partial charge in [-0.2, -0.15) is 0 Å². The molecule has 0 radical (unpaired) electrons. The zero-order valence-corrected chi connectivity index (χ0v) is 16.4. The minimum Gasteiger partial charge on any atom is -0.489 e. The highest BCUT2D eigenvalue weighted by Gasteiger charge is 2.20. The lowest BCUT2D eigenvalue weighted by Gasteiger charge is -2.08. The van der Waals surface area contributed by atoms with Crippen molar-refractivity contribution in [3.05, 3.63) is 87.3 Å². The number of ether oxygens (including phenoxy) is 1. The molecule has 0 aliphatic carbocycles. The fraction of sp³-hybridized carbons (Fsp3) is 0.167. The van der Waals surface area contributed by atoms with E-state index in [0.29, 0.717) is 40.4 Å². The second kappa shape index (κ2) is 7.43. The second-order valence-electron chi connectivity index (χ2n) is 6.98. The summed E-state index contributed by atoms with van der Waals surface area (Å²) in [6.45, 7) is 5.25. The number of fused-ring (bicyclic) bond motifs is 1. The maximum Gasteiger partial charge on any atom is 0.340 e. The highest BCUT2D eigenvalue weighted by molar-refractivity contribution is 5.98. The predicted molar refractivity (Wildman–Crippen MR) is 110 cm³/mol. The Kier molecular flexibility index (Phi) is 4.80. The Balaban J connectivity index is 1.70. The van der Waals surface area contributed by atoms with Crippen molar-refractivity contribution in [1.29, 1.82) is 0 Å². The van der Waals surface area contributed by atoms with Gasteiger partial charge in [0.2, 0.25) is 0 Å². The predicted octanol–water partition coefficient (Wildman–Crippen LogP) is 5.45. The molecule has 0 fully saturated rings. The molecule has 0 bridgehead atoms. The van der Waals surface area contributed by atoms with Crippen LogP contribution in [0, 0.1) is 13.8 Å². The summed E-state index contributed by atoms with van der Waals surface area (Å²) in [6, 6.07) is 17.2. The molecule has 2 heterocycles. The lowest BCUT2D eigenvalue weighted by atomic mass is 10.0. The average Bonchev–Trinajstić information content (AvgIpc) is 3.13. The van der Waals surface area contributed by atoms with E-state index < -0.39 is 5.63 Å². The van der Waals surface area contributed by atoms with Gasteiger partial charge in [-0.25, -0.2) is 4.79 Å². The second-order valence-corrected chi connectivity index (χ2v) is 6.98.